The summed E-state index contributed by atoms with van der Waals surface area (Å²) in [4.78, 5) is 24.4. The summed E-state index contributed by atoms with van der Waals surface area (Å²) in [6.45, 7) is 9.30. The van der Waals surface area contributed by atoms with Crippen LogP contribution >= 0.6 is 0 Å². The van der Waals surface area contributed by atoms with Gasteiger partial charge in [-0.3, -0.25) is 4.79 Å². The second kappa shape index (κ2) is 7.27. The van der Waals surface area contributed by atoms with Gasteiger partial charge in [0.25, 0.3) is 0 Å². The van der Waals surface area contributed by atoms with Gasteiger partial charge in [-0.2, -0.15) is 0 Å². The molecule has 0 spiro atoms. The first-order valence-electron chi connectivity index (χ1n) is 7.85. The van der Waals surface area contributed by atoms with Crippen LogP contribution in [0.4, 0.5) is 0 Å². The summed E-state index contributed by atoms with van der Waals surface area (Å²) < 4.78 is 11.0. The molecule has 0 saturated heterocycles. The van der Waals surface area contributed by atoms with E-state index in [1.807, 2.05) is 13.0 Å². The van der Waals surface area contributed by atoms with Crippen LogP contribution in [0.3, 0.4) is 0 Å². The van der Waals surface area contributed by atoms with Crippen LogP contribution in [0.25, 0.3) is 11.0 Å². The van der Waals surface area contributed by atoms with Crippen LogP contribution in [0.1, 0.15) is 48.2 Å². The maximum atomic E-state index is 12.3. The van der Waals surface area contributed by atoms with Gasteiger partial charge < -0.3 is 9.15 Å². The number of Topliss-reactive ketones (excluding diaryl/α,β-unsaturated/α-hetero) is 1. The van der Waals surface area contributed by atoms with E-state index in [4.69, 9.17) is 9.15 Å². The van der Waals surface area contributed by atoms with E-state index in [-0.39, 0.29) is 18.0 Å². The lowest BCUT2D eigenvalue weighted by Crippen LogP contribution is -2.12. The third-order valence-corrected chi connectivity index (χ3v) is 3.91. The molecule has 0 fully saturated rings. The number of fused-ring (bicyclic) bond motifs is 1. The van der Waals surface area contributed by atoms with Gasteiger partial charge in [0.1, 0.15) is 17.9 Å². The molecule has 1 aromatic carbocycles. The third-order valence-electron chi connectivity index (χ3n) is 3.91. The predicted molar refractivity (Wildman–Crippen MR) is 91.5 cm³/mol. The van der Waals surface area contributed by atoms with Crippen molar-refractivity contribution in [2.24, 2.45) is 0 Å². The van der Waals surface area contributed by atoms with Gasteiger partial charge in [-0.1, -0.05) is 26.0 Å². The molecule has 0 unspecified atom stereocenters. The van der Waals surface area contributed by atoms with Crippen molar-refractivity contribution in [3.8, 4) is 5.75 Å². The molecule has 0 aliphatic carbocycles. The molecule has 1 aromatic heterocycles. The topological polar surface area (TPSA) is 56.5 Å². The first-order chi connectivity index (χ1) is 11.0. The Morgan fingerprint density at radius 2 is 2.13 bits per heavy atom. The lowest BCUT2D eigenvalue weighted by Gasteiger charge is -2.13. The molecule has 0 aliphatic heterocycles. The minimum absolute atomic E-state index is 0.196. The molecule has 1 heterocycles. The Morgan fingerprint density at radius 3 is 2.74 bits per heavy atom. The third kappa shape index (κ3) is 3.36. The van der Waals surface area contributed by atoms with Crippen molar-refractivity contribution in [1.29, 1.82) is 0 Å². The number of benzene rings is 1. The zero-order valence-corrected chi connectivity index (χ0v) is 13.9. The molecule has 0 N–H and O–H groups in total. The van der Waals surface area contributed by atoms with Gasteiger partial charge in [-0.25, -0.2) is 4.79 Å². The van der Waals surface area contributed by atoms with Crippen molar-refractivity contribution in [3.63, 3.8) is 0 Å². The summed E-state index contributed by atoms with van der Waals surface area (Å²) in [5, 5.41) is 0.784. The Kier molecular flexibility index (Phi) is 5.37. The summed E-state index contributed by atoms with van der Waals surface area (Å²) in [7, 11) is 0. The van der Waals surface area contributed by atoms with Crippen molar-refractivity contribution in [2.45, 2.75) is 40.0 Å². The highest BCUT2D eigenvalue weighted by molar-refractivity contribution is 6.07. The van der Waals surface area contributed by atoms with E-state index in [9.17, 15) is 9.59 Å². The highest BCUT2D eigenvalue weighted by Gasteiger charge is 2.19. The smallest absolute Gasteiger partial charge is 0.339 e. The van der Waals surface area contributed by atoms with Gasteiger partial charge in [-0.15, -0.1) is 0 Å². The fourth-order valence-electron chi connectivity index (χ4n) is 2.68. The maximum absolute atomic E-state index is 12.3. The number of ether oxygens (including phenoxy) is 1. The fourth-order valence-corrected chi connectivity index (χ4v) is 2.68. The molecule has 0 saturated carbocycles. The van der Waals surface area contributed by atoms with E-state index >= 15 is 0 Å². The van der Waals surface area contributed by atoms with Crippen molar-refractivity contribution < 1.29 is 13.9 Å². The molecule has 0 bridgehead atoms. The number of unbranched alkanes of at least 4 members (excludes halogenated alkanes) is 1. The zero-order valence-electron chi connectivity index (χ0n) is 13.9. The number of rotatable bonds is 7. The van der Waals surface area contributed by atoms with Crippen LogP contribution in [0.5, 0.6) is 5.75 Å². The van der Waals surface area contributed by atoms with Crippen LogP contribution in [-0.4, -0.2) is 12.4 Å². The van der Waals surface area contributed by atoms with Gasteiger partial charge >= 0.3 is 5.63 Å². The Bertz CT molecular complexity index is 799. The van der Waals surface area contributed by atoms with Crippen molar-refractivity contribution in [1.82, 2.24) is 0 Å². The Morgan fingerprint density at radius 1 is 1.39 bits per heavy atom. The van der Waals surface area contributed by atoms with Crippen molar-refractivity contribution in [3.05, 3.63) is 51.9 Å². The predicted octanol–water partition coefficient (Wildman–Crippen LogP) is 4.21. The van der Waals surface area contributed by atoms with Crippen LogP contribution in [0.2, 0.25) is 0 Å². The molecular weight excluding hydrogens is 292 g/mol. The van der Waals surface area contributed by atoms with Gasteiger partial charge in [0.15, 0.2) is 11.4 Å². The number of carbonyl (C=O) groups excluding carboxylic acids is 1. The van der Waals surface area contributed by atoms with Crippen molar-refractivity contribution >= 4 is 16.8 Å². The van der Waals surface area contributed by atoms with Gasteiger partial charge in [0.2, 0.25) is 0 Å². The minimum atomic E-state index is -0.369. The van der Waals surface area contributed by atoms with Crippen molar-refractivity contribution in [2.75, 3.05) is 6.61 Å². The normalized spacial score (nSPS) is 10.7. The molecule has 0 aliphatic rings. The summed E-state index contributed by atoms with van der Waals surface area (Å²) in [6.07, 6.45) is 4.22. The fraction of sp³-hybridized carbons (Fsp3) is 0.368. The molecule has 122 valence electrons. The van der Waals surface area contributed by atoms with E-state index in [1.165, 1.54) is 6.92 Å². The average molecular weight is 314 g/mol. The lowest BCUT2D eigenvalue weighted by molar-refractivity contribution is 0.101. The lowest BCUT2D eigenvalue weighted by atomic mass is 9.98. The first kappa shape index (κ1) is 17.0. The summed E-state index contributed by atoms with van der Waals surface area (Å²) >= 11 is 0. The minimum Gasteiger partial charge on any atom is -0.489 e. The summed E-state index contributed by atoms with van der Waals surface area (Å²) in [5.74, 6) is 0.215. The molecule has 0 atom stereocenters. The molecule has 2 rings (SSSR count). The van der Waals surface area contributed by atoms with Crippen LogP contribution in [-0.2, 0) is 6.42 Å². The summed E-state index contributed by atoms with van der Waals surface area (Å²) in [6, 6.07) is 3.59. The van der Waals surface area contributed by atoms with Crippen LogP contribution < -0.4 is 10.4 Å². The number of aryl methyl sites for hydroxylation is 1. The van der Waals surface area contributed by atoms with Gasteiger partial charge in [0, 0.05) is 10.9 Å². The van der Waals surface area contributed by atoms with E-state index in [1.54, 1.807) is 12.1 Å². The number of hydrogen-bond acceptors (Lipinski definition) is 4. The number of carbonyl (C=O) groups is 1. The van der Waals surface area contributed by atoms with E-state index in [0.717, 1.165) is 23.8 Å². The van der Waals surface area contributed by atoms with Crippen LogP contribution in [0.15, 0.2) is 34.0 Å². The molecule has 2 aromatic rings. The maximum Gasteiger partial charge on any atom is 0.339 e. The Labute approximate surface area is 135 Å². The highest BCUT2D eigenvalue weighted by Crippen LogP contribution is 2.31. The van der Waals surface area contributed by atoms with E-state index in [0.29, 0.717) is 28.9 Å². The number of hydrogen-bond donors (Lipinski definition) is 0. The molecule has 0 radical (unpaired) electrons. The van der Waals surface area contributed by atoms with Gasteiger partial charge in [-0.05, 0) is 44.4 Å². The quantitative estimate of drug-likeness (QED) is 0.436. The largest absolute Gasteiger partial charge is 0.489 e. The molecule has 4 nitrogen and oxygen atoms in total. The average Bonchev–Trinajstić information content (AvgIpc) is 2.51. The standard InChI is InChI=1S/C19H22O4/c1-5-7-8-15-12(3)14-9-10-16(22-11-6-2)17(13(4)20)18(14)23-19(15)21/h6,9-10H,2,5,7-8,11H2,1,3-4H3. The second-order valence-electron chi connectivity index (χ2n) is 5.57. The number of ketones is 1. The first-order valence-corrected chi connectivity index (χ1v) is 7.85. The molecule has 23 heavy (non-hydrogen) atoms. The second-order valence-corrected chi connectivity index (χ2v) is 5.57. The van der Waals surface area contributed by atoms with E-state index in [2.05, 4.69) is 13.5 Å². The molecule has 0 amide bonds. The molecular formula is C19H22O4. The highest BCUT2D eigenvalue weighted by atomic mass is 16.5. The van der Waals surface area contributed by atoms with Gasteiger partial charge in [0.05, 0.1) is 0 Å². The van der Waals surface area contributed by atoms with Crippen LogP contribution in [0, 0.1) is 6.92 Å². The molecule has 4 heteroatoms. The SMILES string of the molecule is C=CCOc1ccc2c(C)c(CCCC)c(=O)oc2c1C(C)=O. The Balaban J connectivity index is 2.71. The van der Waals surface area contributed by atoms with E-state index < -0.39 is 0 Å². The monoisotopic (exact) mass is 314 g/mol. The summed E-state index contributed by atoms with van der Waals surface area (Å²) in [5.41, 5.74) is 1.82. The zero-order chi connectivity index (χ0) is 17.0. The Hall–Kier alpha value is -2.36.